The summed E-state index contributed by atoms with van der Waals surface area (Å²) in [5, 5.41) is 9.31. The first-order chi connectivity index (χ1) is 20.6. The molecule has 2 aromatic carbocycles. The van der Waals surface area contributed by atoms with E-state index >= 15 is 0 Å². The summed E-state index contributed by atoms with van der Waals surface area (Å²) in [6.45, 7) is 3.50. The second-order valence-corrected chi connectivity index (χ2v) is 10.4. The number of alkyl halides is 3. The standard InChI is InChI=1S/C31H27F3N8O/c1-18-15-42(17-38-18)23-12-20(31(32,33)34)11-22(13-23)40-30(43)24-5-3-7-26(19(24)2)41-29-25(6-4-10-35-29)27-14-28(37-16-36-27)39-21-8-9-21/h3-7,10-17,21H,8-9H2,1-2H3,(H,35,41)(H,40,43)(H,36,37,39). The number of halogens is 3. The normalized spacial score (nSPS) is 13.0. The summed E-state index contributed by atoms with van der Waals surface area (Å²) >= 11 is 0. The van der Waals surface area contributed by atoms with Crippen LogP contribution >= 0.6 is 0 Å². The van der Waals surface area contributed by atoms with Gasteiger partial charge in [0.25, 0.3) is 5.91 Å². The molecule has 1 aliphatic carbocycles. The lowest BCUT2D eigenvalue weighted by Gasteiger charge is -2.16. The van der Waals surface area contributed by atoms with Crippen LogP contribution in [0.2, 0.25) is 0 Å². The zero-order valence-corrected chi connectivity index (χ0v) is 23.3. The zero-order valence-electron chi connectivity index (χ0n) is 23.3. The number of anilines is 4. The van der Waals surface area contributed by atoms with Crippen molar-refractivity contribution in [2.24, 2.45) is 0 Å². The highest BCUT2D eigenvalue weighted by atomic mass is 19.4. The molecule has 0 radical (unpaired) electrons. The van der Waals surface area contributed by atoms with Gasteiger partial charge in [0.2, 0.25) is 0 Å². The molecule has 1 saturated carbocycles. The Morgan fingerprint density at radius 3 is 2.56 bits per heavy atom. The van der Waals surface area contributed by atoms with Crippen molar-refractivity contribution in [3.63, 3.8) is 0 Å². The van der Waals surface area contributed by atoms with Gasteiger partial charge in [0, 0.05) is 52.7 Å². The van der Waals surface area contributed by atoms with Crippen molar-refractivity contribution in [2.75, 3.05) is 16.0 Å². The molecule has 1 aliphatic rings. The largest absolute Gasteiger partial charge is 0.416 e. The van der Waals surface area contributed by atoms with Gasteiger partial charge in [-0.25, -0.2) is 19.9 Å². The number of imidazole rings is 1. The van der Waals surface area contributed by atoms with E-state index in [2.05, 4.69) is 35.9 Å². The number of nitrogens with one attached hydrogen (secondary N) is 3. The van der Waals surface area contributed by atoms with E-state index in [9.17, 15) is 18.0 Å². The third-order valence-electron chi connectivity index (χ3n) is 7.02. The van der Waals surface area contributed by atoms with Crippen LogP contribution in [-0.4, -0.2) is 36.5 Å². The van der Waals surface area contributed by atoms with Crippen molar-refractivity contribution in [2.45, 2.75) is 38.9 Å². The fraction of sp³-hybridized carbons (Fsp3) is 0.194. The molecule has 3 N–H and O–H groups in total. The smallest absolute Gasteiger partial charge is 0.367 e. The van der Waals surface area contributed by atoms with Crippen molar-refractivity contribution in [3.8, 4) is 16.9 Å². The number of amides is 1. The molecular weight excluding hydrogens is 557 g/mol. The minimum Gasteiger partial charge on any atom is -0.367 e. The molecule has 0 atom stereocenters. The number of hydrogen-bond donors (Lipinski definition) is 3. The van der Waals surface area contributed by atoms with Crippen molar-refractivity contribution < 1.29 is 18.0 Å². The average molecular weight is 585 g/mol. The van der Waals surface area contributed by atoms with Gasteiger partial charge in [0.05, 0.1) is 23.3 Å². The molecule has 0 unspecified atom stereocenters. The van der Waals surface area contributed by atoms with E-state index in [0.717, 1.165) is 36.4 Å². The first-order valence-corrected chi connectivity index (χ1v) is 13.6. The first-order valence-electron chi connectivity index (χ1n) is 13.6. The van der Waals surface area contributed by atoms with Gasteiger partial charge in [-0.05, 0) is 74.7 Å². The molecule has 0 bridgehead atoms. The van der Waals surface area contributed by atoms with Crippen molar-refractivity contribution >= 4 is 28.9 Å². The van der Waals surface area contributed by atoms with Crippen LogP contribution in [0.5, 0.6) is 0 Å². The number of carbonyl (C=O) groups excluding carboxylic acids is 1. The van der Waals surface area contributed by atoms with Crippen LogP contribution in [0.15, 0.2) is 79.6 Å². The summed E-state index contributed by atoms with van der Waals surface area (Å²) in [4.78, 5) is 30.7. The van der Waals surface area contributed by atoms with Crippen LogP contribution < -0.4 is 16.0 Å². The number of hydrogen-bond acceptors (Lipinski definition) is 7. The van der Waals surface area contributed by atoms with E-state index in [0.29, 0.717) is 34.5 Å². The van der Waals surface area contributed by atoms with Gasteiger partial charge in [-0.15, -0.1) is 0 Å². The summed E-state index contributed by atoms with van der Waals surface area (Å²) < 4.78 is 42.7. The second kappa shape index (κ2) is 11.2. The third-order valence-corrected chi connectivity index (χ3v) is 7.02. The summed E-state index contributed by atoms with van der Waals surface area (Å²) in [5.41, 5.74) is 2.89. The number of rotatable bonds is 8. The Kier molecular flexibility index (Phi) is 7.26. The van der Waals surface area contributed by atoms with Crippen LogP contribution in [0.25, 0.3) is 16.9 Å². The number of aryl methyl sites for hydroxylation is 1. The maximum atomic E-state index is 13.7. The number of pyridine rings is 1. The highest BCUT2D eigenvalue weighted by Gasteiger charge is 2.32. The van der Waals surface area contributed by atoms with Gasteiger partial charge in [-0.3, -0.25) is 4.79 Å². The molecule has 6 rings (SSSR count). The Bertz CT molecular complexity index is 1810. The predicted molar refractivity (Wildman–Crippen MR) is 158 cm³/mol. The second-order valence-electron chi connectivity index (χ2n) is 10.4. The van der Waals surface area contributed by atoms with Crippen LogP contribution in [0.4, 0.5) is 36.2 Å². The van der Waals surface area contributed by atoms with Gasteiger partial charge in [0.15, 0.2) is 0 Å². The topological polar surface area (TPSA) is 110 Å². The van der Waals surface area contributed by atoms with E-state index in [1.54, 1.807) is 44.4 Å². The van der Waals surface area contributed by atoms with Crippen LogP contribution in [0, 0.1) is 13.8 Å². The number of carbonyl (C=O) groups is 1. The summed E-state index contributed by atoms with van der Waals surface area (Å²) in [6.07, 6.45) is 3.80. The van der Waals surface area contributed by atoms with Gasteiger partial charge in [-0.2, -0.15) is 13.2 Å². The molecule has 1 fully saturated rings. The molecule has 43 heavy (non-hydrogen) atoms. The molecule has 3 heterocycles. The third kappa shape index (κ3) is 6.32. The molecule has 5 aromatic rings. The number of aromatic nitrogens is 5. The number of benzene rings is 2. The lowest BCUT2D eigenvalue weighted by molar-refractivity contribution is -0.137. The molecule has 12 heteroatoms. The van der Waals surface area contributed by atoms with E-state index < -0.39 is 17.6 Å². The SMILES string of the molecule is Cc1cn(-c2cc(NC(=O)c3cccc(Nc4ncccc4-c4cc(NC5CC5)ncn4)c3C)cc(C(F)(F)F)c2)cn1. The van der Waals surface area contributed by atoms with Crippen molar-refractivity contribution in [1.82, 2.24) is 24.5 Å². The molecule has 0 spiro atoms. The van der Waals surface area contributed by atoms with Crippen LogP contribution in [0.1, 0.15) is 40.0 Å². The quantitative estimate of drug-likeness (QED) is 0.181. The molecule has 0 aliphatic heterocycles. The molecule has 0 saturated heterocycles. The summed E-state index contributed by atoms with van der Waals surface area (Å²) in [6, 6.07) is 14.5. The molecular formula is C31H27F3N8O. The lowest BCUT2D eigenvalue weighted by atomic mass is 10.0. The monoisotopic (exact) mass is 584 g/mol. The van der Waals surface area contributed by atoms with Crippen LogP contribution in [0.3, 0.4) is 0 Å². The highest BCUT2D eigenvalue weighted by Crippen LogP contribution is 2.34. The average Bonchev–Trinajstić information content (AvgIpc) is 3.69. The van der Waals surface area contributed by atoms with Crippen LogP contribution in [-0.2, 0) is 6.18 Å². The van der Waals surface area contributed by atoms with Gasteiger partial charge >= 0.3 is 6.18 Å². The van der Waals surface area contributed by atoms with Gasteiger partial charge < -0.3 is 20.5 Å². The summed E-state index contributed by atoms with van der Waals surface area (Å²) in [5.74, 6) is 0.705. The molecule has 3 aromatic heterocycles. The predicted octanol–water partition coefficient (Wildman–Crippen LogP) is 6.93. The fourth-order valence-corrected chi connectivity index (χ4v) is 4.63. The zero-order chi connectivity index (χ0) is 30.1. The van der Waals surface area contributed by atoms with Gasteiger partial charge in [-0.1, -0.05) is 6.07 Å². The first kappa shape index (κ1) is 27.9. The Morgan fingerprint density at radius 1 is 0.977 bits per heavy atom. The van der Waals surface area contributed by atoms with Crippen molar-refractivity contribution in [3.05, 3.63) is 102 Å². The minimum absolute atomic E-state index is 0.00493. The molecule has 218 valence electrons. The van der Waals surface area contributed by atoms with Gasteiger partial charge in [0.1, 0.15) is 18.0 Å². The summed E-state index contributed by atoms with van der Waals surface area (Å²) in [7, 11) is 0. The Balaban J connectivity index is 1.27. The van der Waals surface area contributed by atoms with E-state index in [1.165, 1.54) is 23.3 Å². The maximum Gasteiger partial charge on any atom is 0.416 e. The fourth-order valence-electron chi connectivity index (χ4n) is 4.63. The van der Waals surface area contributed by atoms with Crippen molar-refractivity contribution in [1.29, 1.82) is 0 Å². The van der Waals surface area contributed by atoms with E-state index in [4.69, 9.17) is 0 Å². The van der Waals surface area contributed by atoms with E-state index in [-0.39, 0.29) is 16.9 Å². The Morgan fingerprint density at radius 2 is 1.81 bits per heavy atom. The lowest BCUT2D eigenvalue weighted by Crippen LogP contribution is -2.16. The Labute approximate surface area is 245 Å². The maximum absolute atomic E-state index is 13.7. The number of nitrogens with zero attached hydrogens (tertiary/aromatic N) is 5. The Hall–Kier alpha value is -5.26. The van der Waals surface area contributed by atoms with E-state index in [1.807, 2.05) is 18.2 Å². The minimum atomic E-state index is -4.61. The molecule has 1 amide bonds. The highest BCUT2D eigenvalue weighted by molar-refractivity contribution is 6.06. The molecule has 9 nitrogen and oxygen atoms in total.